The molecule has 1 aliphatic heterocycles. The van der Waals surface area contributed by atoms with E-state index in [4.69, 9.17) is 5.11 Å². The van der Waals surface area contributed by atoms with Gasteiger partial charge in [-0.05, 0) is 13.3 Å². The monoisotopic (exact) mass is 271 g/mol. The summed E-state index contributed by atoms with van der Waals surface area (Å²) in [6, 6.07) is 0.0888. The molecule has 0 aromatic carbocycles. The van der Waals surface area contributed by atoms with Crippen molar-refractivity contribution in [3.8, 4) is 0 Å². The molecule has 19 heavy (non-hydrogen) atoms. The zero-order valence-electron chi connectivity index (χ0n) is 12.0. The Hall–Kier alpha value is -1.30. The van der Waals surface area contributed by atoms with E-state index in [1.165, 1.54) is 0 Å². The van der Waals surface area contributed by atoms with E-state index in [1.807, 2.05) is 21.6 Å². The Balaban J connectivity index is 2.40. The molecule has 0 atom stereocenters. The van der Waals surface area contributed by atoms with Crippen LogP contribution in [0.5, 0.6) is 0 Å². The molecule has 0 aromatic rings. The van der Waals surface area contributed by atoms with E-state index in [2.05, 4.69) is 6.92 Å². The zero-order valence-corrected chi connectivity index (χ0v) is 12.0. The highest BCUT2D eigenvalue weighted by Gasteiger charge is 2.24. The first-order chi connectivity index (χ1) is 9.08. The number of urea groups is 1. The van der Waals surface area contributed by atoms with Crippen molar-refractivity contribution in [3.63, 3.8) is 0 Å². The van der Waals surface area contributed by atoms with Crippen LogP contribution in [-0.2, 0) is 4.79 Å². The van der Waals surface area contributed by atoms with Crippen molar-refractivity contribution in [2.75, 3.05) is 45.8 Å². The fourth-order valence-corrected chi connectivity index (χ4v) is 2.23. The summed E-state index contributed by atoms with van der Waals surface area (Å²) in [5, 5.41) is 8.73. The second-order valence-electron chi connectivity index (χ2n) is 4.87. The average molecular weight is 271 g/mol. The Morgan fingerprint density at radius 1 is 1.16 bits per heavy atom. The number of piperazine rings is 1. The minimum absolute atomic E-state index is 0.0648. The lowest BCUT2D eigenvalue weighted by Crippen LogP contribution is -2.53. The Morgan fingerprint density at radius 2 is 1.79 bits per heavy atom. The van der Waals surface area contributed by atoms with Gasteiger partial charge in [0.2, 0.25) is 0 Å². The minimum Gasteiger partial charge on any atom is -0.480 e. The van der Waals surface area contributed by atoms with Gasteiger partial charge in [-0.1, -0.05) is 13.3 Å². The van der Waals surface area contributed by atoms with E-state index >= 15 is 0 Å². The molecule has 0 radical (unpaired) electrons. The van der Waals surface area contributed by atoms with Crippen LogP contribution in [0.1, 0.15) is 26.7 Å². The first kappa shape index (κ1) is 15.8. The maximum absolute atomic E-state index is 12.3. The van der Waals surface area contributed by atoms with Crippen molar-refractivity contribution in [2.45, 2.75) is 26.7 Å². The summed E-state index contributed by atoms with van der Waals surface area (Å²) >= 11 is 0. The molecular formula is C13H25N3O3. The highest BCUT2D eigenvalue weighted by molar-refractivity contribution is 5.74. The summed E-state index contributed by atoms with van der Waals surface area (Å²) in [5.74, 6) is -0.807. The van der Waals surface area contributed by atoms with Crippen molar-refractivity contribution in [1.29, 1.82) is 0 Å². The van der Waals surface area contributed by atoms with Crippen LogP contribution in [0.2, 0.25) is 0 Å². The van der Waals surface area contributed by atoms with E-state index in [0.717, 1.165) is 25.9 Å². The number of amides is 2. The molecule has 6 heteroatoms. The van der Waals surface area contributed by atoms with Gasteiger partial charge in [0.1, 0.15) is 0 Å². The molecule has 0 aliphatic carbocycles. The van der Waals surface area contributed by atoms with Crippen molar-refractivity contribution in [3.05, 3.63) is 0 Å². The molecule has 1 saturated heterocycles. The second-order valence-corrected chi connectivity index (χ2v) is 4.87. The van der Waals surface area contributed by atoms with Gasteiger partial charge in [-0.15, -0.1) is 0 Å². The predicted octanol–water partition coefficient (Wildman–Crippen LogP) is 0.931. The van der Waals surface area contributed by atoms with Crippen LogP contribution in [0.4, 0.5) is 4.79 Å². The minimum atomic E-state index is -0.807. The Bertz CT molecular complexity index is 302. The third-order valence-electron chi connectivity index (χ3n) is 3.44. The van der Waals surface area contributed by atoms with Crippen molar-refractivity contribution >= 4 is 12.0 Å². The van der Waals surface area contributed by atoms with Crippen LogP contribution in [-0.4, -0.2) is 77.6 Å². The molecule has 1 N–H and O–H groups in total. The lowest BCUT2D eigenvalue weighted by Gasteiger charge is -2.36. The zero-order chi connectivity index (χ0) is 14.3. The van der Waals surface area contributed by atoms with E-state index in [-0.39, 0.29) is 12.6 Å². The molecule has 1 fully saturated rings. The van der Waals surface area contributed by atoms with E-state index in [1.54, 1.807) is 0 Å². The summed E-state index contributed by atoms with van der Waals surface area (Å²) in [6.07, 6.45) is 2.11. The van der Waals surface area contributed by atoms with Crippen LogP contribution < -0.4 is 0 Å². The molecular weight excluding hydrogens is 246 g/mol. The highest BCUT2D eigenvalue weighted by Crippen LogP contribution is 2.07. The van der Waals surface area contributed by atoms with Crippen molar-refractivity contribution in [1.82, 2.24) is 14.7 Å². The number of carbonyl (C=O) groups is 2. The second kappa shape index (κ2) is 7.99. The Labute approximate surface area is 115 Å². The molecule has 0 spiro atoms. The summed E-state index contributed by atoms with van der Waals surface area (Å²) in [6.45, 7) is 8.23. The number of carbonyl (C=O) groups excluding carboxylic acids is 1. The standard InChI is InChI=1S/C13H25N3O3/c1-3-5-6-15(4-2)13(19)16-9-7-14(8-10-16)11-12(17)18/h3-11H2,1-2H3,(H,17,18). The maximum Gasteiger partial charge on any atom is 0.320 e. The van der Waals surface area contributed by atoms with Crippen LogP contribution in [0.3, 0.4) is 0 Å². The van der Waals surface area contributed by atoms with Gasteiger partial charge in [0.25, 0.3) is 0 Å². The third kappa shape index (κ3) is 5.06. The molecule has 0 unspecified atom stereocenters. The van der Waals surface area contributed by atoms with Gasteiger partial charge >= 0.3 is 12.0 Å². The number of nitrogens with zero attached hydrogens (tertiary/aromatic N) is 3. The van der Waals surface area contributed by atoms with E-state index in [0.29, 0.717) is 26.2 Å². The normalized spacial score (nSPS) is 16.4. The topological polar surface area (TPSA) is 64.1 Å². The van der Waals surface area contributed by atoms with Crippen LogP contribution in [0, 0.1) is 0 Å². The van der Waals surface area contributed by atoms with Gasteiger partial charge in [-0.2, -0.15) is 0 Å². The van der Waals surface area contributed by atoms with E-state index < -0.39 is 5.97 Å². The van der Waals surface area contributed by atoms with Crippen LogP contribution in [0.15, 0.2) is 0 Å². The first-order valence-electron chi connectivity index (χ1n) is 7.06. The highest BCUT2D eigenvalue weighted by atomic mass is 16.4. The van der Waals surface area contributed by atoms with Crippen LogP contribution >= 0.6 is 0 Å². The van der Waals surface area contributed by atoms with Gasteiger partial charge in [0.05, 0.1) is 6.54 Å². The van der Waals surface area contributed by atoms with Gasteiger partial charge in [0.15, 0.2) is 0 Å². The van der Waals surface area contributed by atoms with Crippen LogP contribution in [0.25, 0.3) is 0 Å². The Kier molecular flexibility index (Phi) is 6.62. The number of unbranched alkanes of at least 4 members (excludes halogenated alkanes) is 1. The average Bonchev–Trinajstić information content (AvgIpc) is 2.39. The first-order valence-corrected chi connectivity index (χ1v) is 7.06. The van der Waals surface area contributed by atoms with E-state index in [9.17, 15) is 9.59 Å². The summed E-state index contributed by atoms with van der Waals surface area (Å²) in [7, 11) is 0. The number of aliphatic carboxylic acids is 1. The smallest absolute Gasteiger partial charge is 0.320 e. The quantitative estimate of drug-likeness (QED) is 0.780. The molecule has 0 saturated carbocycles. The largest absolute Gasteiger partial charge is 0.480 e. The predicted molar refractivity (Wildman–Crippen MR) is 73.2 cm³/mol. The number of rotatable bonds is 6. The maximum atomic E-state index is 12.3. The number of carboxylic acids is 1. The molecule has 2 amide bonds. The molecule has 110 valence electrons. The molecule has 6 nitrogen and oxygen atoms in total. The Morgan fingerprint density at radius 3 is 2.26 bits per heavy atom. The van der Waals surface area contributed by atoms with Gasteiger partial charge in [-0.25, -0.2) is 4.79 Å². The fourth-order valence-electron chi connectivity index (χ4n) is 2.23. The SMILES string of the molecule is CCCCN(CC)C(=O)N1CCN(CC(=O)O)CC1. The molecule has 1 heterocycles. The third-order valence-corrected chi connectivity index (χ3v) is 3.44. The number of hydrogen-bond donors (Lipinski definition) is 1. The fraction of sp³-hybridized carbons (Fsp3) is 0.846. The summed E-state index contributed by atoms with van der Waals surface area (Å²) < 4.78 is 0. The number of carboxylic acid groups (broad SMARTS) is 1. The van der Waals surface area contributed by atoms with Gasteiger partial charge < -0.3 is 14.9 Å². The molecule has 0 bridgehead atoms. The molecule has 1 aliphatic rings. The summed E-state index contributed by atoms with van der Waals surface area (Å²) in [5.41, 5.74) is 0. The van der Waals surface area contributed by atoms with Gasteiger partial charge in [0, 0.05) is 39.3 Å². The van der Waals surface area contributed by atoms with Gasteiger partial charge in [-0.3, -0.25) is 9.69 Å². The van der Waals surface area contributed by atoms with Crippen molar-refractivity contribution in [2.24, 2.45) is 0 Å². The molecule has 0 aromatic heterocycles. The lowest BCUT2D eigenvalue weighted by molar-refractivity contribution is -0.138. The number of hydrogen-bond acceptors (Lipinski definition) is 3. The molecule has 1 rings (SSSR count). The summed E-state index contributed by atoms with van der Waals surface area (Å²) in [4.78, 5) is 28.5. The lowest BCUT2D eigenvalue weighted by atomic mass is 10.3. The van der Waals surface area contributed by atoms with Crippen molar-refractivity contribution < 1.29 is 14.7 Å².